The maximum atomic E-state index is 14.5. The van der Waals surface area contributed by atoms with E-state index in [-0.39, 0.29) is 41.0 Å². The van der Waals surface area contributed by atoms with Crippen molar-refractivity contribution < 1.29 is 26.7 Å². The predicted octanol–water partition coefficient (Wildman–Crippen LogP) is 5.82. The molecule has 2 heterocycles. The van der Waals surface area contributed by atoms with Crippen molar-refractivity contribution in [1.82, 2.24) is 9.38 Å². The summed E-state index contributed by atoms with van der Waals surface area (Å²) in [6.07, 6.45) is 0.765. The van der Waals surface area contributed by atoms with Gasteiger partial charge in [0.25, 0.3) is 0 Å². The summed E-state index contributed by atoms with van der Waals surface area (Å²) in [4.78, 5) is 16.6. The highest BCUT2D eigenvalue weighted by Crippen LogP contribution is 2.35. The minimum Gasteiger partial charge on any atom is -0.309 e. The van der Waals surface area contributed by atoms with Crippen LogP contribution in [0.3, 0.4) is 0 Å². The molecule has 4 rings (SSSR count). The third kappa shape index (κ3) is 4.01. The minimum absolute atomic E-state index is 0.0518. The fourth-order valence-corrected chi connectivity index (χ4v) is 3.91. The van der Waals surface area contributed by atoms with Gasteiger partial charge in [-0.1, -0.05) is 12.8 Å². The van der Waals surface area contributed by atoms with E-state index in [4.69, 9.17) is 0 Å². The quantitative estimate of drug-likeness (QED) is 0.538. The molecule has 0 saturated heterocycles. The summed E-state index contributed by atoms with van der Waals surface area (Å²) in [5, 5.41) is 2.61. The van der Waals surface area contributed by atoms with Gasteiger partial charge < -0.3 is 5.32 Å². The second-order valence-corrected chi connectivity index (χ2v) is 7.48. The van der Waals surface area contributed by atoms with E-state index in [0.29, 0.717) is 6.07 Å². The summed E-state index contributed by atoms with van der Waals surface area (Å²) in [5.41, 5.74) is -1.06. The smallest absolute Gasteiger partial charge is 0.309 e. The molecule has 30 heavy (non-hydrogen) atoms. The van der Waals surface area contributed by atoms with E-state index in [2.05, 4.69) is 10.3 Å². The van der Waals surface area contributed by atoms with Crippen LogP contribution in [0, 0.1) is 17.6 Å². The Kier molecular flexibility index (Phi) is 5.21. The fourth-order valence-electron chi connectivity index (χ4n) is 3.91. The Morgan fingerprint density at radius 1 is 1.13 bits per heavy atom. The number of alkyl halides is 3. The number of rotatable bonds is 4. The number of amides is 1. The number of imidazole rings is 1. The van der Waals surface area contributed by atoms with E-state index in [0.717, 1.165) is 50.1 Å². The van der Waals surface area contributed by atoms with Crippen LogP contribution in [0.5, 0.6) is 0 Å². The van der Waals surface area contributed by atoms with Gasteiger partial charge in [-0.05, 0) is 43.0 Å². The molecule has 9 heteroatoms. The van der Waals surface area contributed by atoms with Crippen LogP contribution in [0.2, 0.25) is 0 Å². The van der Waals surface area contributed by atoms with E-state index in [1.54, 1.807) is 0 Å². The zero-order chi connectivity index (χ0) is 21.5. The molecular formula is C21H18F5N3O. The molecule has 0 atom stereocenters. The molecule has 0 aliphatic heterocycles. The van der Waals surface area contributed by atoms with Crippen molar-refractivity contribution in [3.05, 3.63) is 53.7 Å². The highest BCUT2D eigenvalue weighted by atomic mass is 19.4. The molecule has 1 aromatic carbocycles. The molecule has 4 nitrogen and oxygen atoms in total. The first kappa shape index (κ1) is 20.3. The second-order valence-electron chi connectivity index (χ2n) is 7.48. The highest BCUT2D eigenvalue weighted by Gasteiger charge is 2.31. The third-order valence-corrected chi connectivity index (χ3v) is 5.35. The zero-order valence-corrected chi connectivity index (χ0v) is 15.8. The summed E-state index contributed by atoms with van der Waals surface area (Å²) < 4.78 is 68.3. The number of fused-ring (bicyclic) bond motifs is 1. The number of hydrogen-bond acceptors (Lipinski definition) is 2. The Hall–Kier alpha value is -2.97. The molecule has 0 radical (unpaired) electrons. The molecule has 1 saturated carbocycles. The van der Waals surface area contributed by atoms with Gasteiger partial charge in [0.2, 0.25) is 5.91 Å². The first-order valence-corrected chi connectivity index (χ1v) is 9.57. The number of halogens is 5. The topological polar surface area (TPSA) is 46.4 Å². The van der Waals surface area contributed by atoms with Crippen molar-refractivity contribution in [2.24, 2.45) is 5.92 Å². The van der Waals surface area contributed by atoms with Crippen LogP contribution in [0.1, 0.15) is 37.7 Å². The van der Waals surface area contributed by atoms with Gasteiger partial charge in [-0.2, -0.15) is 13.2 Å². The van der Waals surface area contributed by atoms with Crippen molar-refractivity contribution in [2.75, 3.05) is 5.32 Å². The molecule has 158 valence electrons. The van der Waals surface area contributed by atoms with Crippen LogP contribution in [0.4, 0.5) is 27.8 Å². The largest absolute Gasteiger partial charge is 0.416 e. The average Bonchev–Trinajstić information content (AvgIpc) is 3.28. The molecule has 1 N–H and O–H groups in total. The minimum atomic E-state index is -4.58. The van der Waals surface area contributed by atoms with Crippen LogP contribution in [-0.2, 0) is 11.0 Å². The number of anilines is 1. The van der Waals surface area contributed by atoms with Gasteiger partial charge in [0.1, 0.15) is 23.0 Å². The lowest BCUT2D eigenvalue weighted by Gasteiger charge is -2.11. The van der Waals surface area contributed by atoms with Crippen LogP contribution < -0.4 is 5.32 Å². The Balaban J connectivity index is 1.79. The summed E-state index contributed by atoms with van der Waals surface area (Å²) in [6, 6.07) is 4.52. The number of aromatic nitrogens is 2. The van der Waals surface area contributed by atoms with Crippen molar-refractivity contribution in [3.63, 3.8) is 0 Å². The second kappa shape index (κ2) is 7.70. The van der Waals surface area contributed by atoms with E-state index in [1.165, 1.54) is 10.5 Å². The lowest BCUT2D eigenvalue weighted by Crippen LogP contribution is -2.16. The summed E-state index contributed by atoms with van der Waals surface area (Å²) >= 11 is 0. The van der Waals surface area contributed by atoms with E-state index >= 15 is 0 Å². The van der Waals surface area contributed by atoms with Gasteiger partial charge in [-0.3, -0.25) is 9.20 Å². The molecule has 1 fully saturated rings. The number of carbonyl (C=O) groups excluding carboxylic acids is 1. The molecule has 1 aliphatic carbocycles. The normalized spacial score (nSPS) is 15.1. The van der Waals surface area contributed by atoms with Gasteiger partial charge in [-0.15, -0.1) is 0 Å². The molecule has 2 aromatic heterocycles. The molecule has 0 bridgehead atoms. The van der Waals surface area contributed by atoms with Crippen molar-refractivity contribution >= 4 is 17.4 Å². The van der Waals surface area contributed by atoms with Gasteiger partial charge >= 0.3 is 6.18 Å². The van der Waals surface area contributed by atoms with Gasteiger partial charge in [0.15, 0.2) is 5.82 Å². The number of hydrogen-bond donors (Lipinski definition) is 1. The Morgan fingerprint density at radius 3 is 2.53 bits per heavy atom. The average molecular weight is 423 g/mol. The number of carbonyl (C=O) groups is 1. The first-order chi connectivity index (χ1) is 14.2. The monoisotopic (exact) mass is 423 g/mol. The molecule has 0 spiro atoms. The standard InChI is InChI=1S/C21H18F5N3O/c22-14-5-6-15(16(23)11-14)19-20(28-18(30)9-12-3-1-2-4-12)27-17-10-13(21(24,25)26)7-8-29(17)19/h5-8,10-12H,1-4,9H2,(H,28,30). The lowest BCUT2D eigenvalue weighted by atomic mass is 10.0. The van der Waals surface area contributed by atoms with Gasteiger partial charge in [0, 0.05) is 24.2 Å². The van der Waals surface area contributed by atoms with Crippen molar-refractivity contribution in [1.29, 1.82) is 0 Å². The highest BCUT2D eigenvalue weighted by molar-refractivity contribution is 5.94. The Bertz CT molecular complexity index is 1100. The number of nitrogens with one attached hydrogen (secondary N) is 1. The molecule has 0 unspecified atom stereocenters. The third-order valence-electron chi connectivity index (χ3n) is 5.35. The van der Waals surface area contributed by atoms with Crippen molar-refractivity contribution in [2.45, 2.75) is 38.3 Å². The molecule has 3 aromatic rings. The fraction of sp³-hybridized carbons (Fsp3) is 0.333. The van der Waals surface area contributed by atoms with Crippen LogP contribution >= 0.6 is 0 Å². The maximum absolute atomic E-state index is 14.5. The molecule has 1 amide bonds. The maximum Gasteiger partial charge on any atom is 0.416 e. The van der Waals surface area contributed by atoms with E-state index in [1.807, 2.05) is 0 Å². The van der Waals surface area contributed by atoms with Gasteiger partial charge in [0.05, 0.1) is 5.56 Å². The van der Waals surface area contributed by atoms with Crippen molar-refractivity contribution in [3.8, 4) is 11.3 Å². The zero-order valence-electron chi connectivity index (χ0n) is 15.8. The molecule has 1 aliphatic rings. The summed E-state index contributed by atoms with van der Waals surface area (Å²) in [7, 11) is 0. The summed E-state index contributed by atoms with van der Waals surface area (Å²) in [6.45, 7) is 0. The first-order valence-electron chi connectivity index (χ1n) is 9.57. The predicted molar refractivity (Wildman–Crippen MR) is 101 cm³/mol. The Labute approximate surface area is 168 Å². The summed E-state index contributed by atoms with van der Waals surface area (Å²) in [5.74, 6) is -1.88. The van der Waals surface area contributed by atoms with Crippen LogP contribution in [0.15, 0.2) is 36.5 Å². The van der Waals surface area contributed by atoms with E-state index < -0.39 is 23.4 Å². The number of pyridine rings is 1. The van der Waals surface area contributed by atoms with E-state index in [9.17, 15) is 26.7 Å². The van der Waals surface area contributed by atoms with Crippen LogP contribution in [-0.4, -0.2) is 15.3 Å². The number of benzene rings is 1. The van der Waals surface area contributed by atoms with Crippen LogP contribution in [0.25, 0.3) is 16.9 Å². The lowest BCUT2D eigenvalue weighted by molar-refractivity contribution is -0.137. The SMILES string of the molecule is O=C(CC1CCCC1)Nc1nc2cc(C(F)(F)F)ccn2c1-c1ccc(F)cc1F. The van der Waals surface area contributed by atoms with Gasteiger partial charge in [-0.25, -0.2) is 13.8 Å². The Morgan fingerprint density at radius 2 is 1.87 bits per heavy atom. The number of nitrogens with zero attached hydrogens (tertiary/aromatic N) is 2. The molecular weight excluding hydrogens is 405 g/mol.